The topological polar surface area (TPSA) is 60.7 Å². The fourth-order valence-electron chi connectivity index (χ4n) is 2.66. The van der Waals surface area contributed by atoms with E-state index in [1.807, 2.05) is 25.1 Å². The van der Waals surface area contributed by atoms with Gasteiger partial charge in [-0.3, -0.25) is 9.59 Å². The predicted molar refractivity (Wildman–Crippen MR) is 115 cm³/mol. The number of aryl methyl sites for hydroxylation is 1. The Hall–Kier alpha value is -1.71. The van der Waals surface area contributed by atoms with Crippen molar-refractivity contribution in [3.05, 3.63) is 60.9 Å². The molecule has 1 amide bonds. The Morgan fingerprint density at radius 3 is 2.70 bits per heavy atom. The molecule has 0 aliphatic heterocycles. The summed E-state index contributed by atoms with van der Waals surface area (Å²) in [5, 5.41) is 0.591. The van der Waals surface area contributed by atoms with E-state index in [1.165, 1.54) is 11.3 Å². The van der Waals surface area contributed by atoms with Crippen LogP contribution in [0.1, 0.15) is 22.8 Å². The molecule has 0 aliphatic carbocycles. The lowest BCUT2D eigenvalue weighted by Gasteiger charge is -2.08. The Bertz CT molecular complexity index is 1100. The number of halogens is 2. The first-order chi connectivity index (χ1) is 12.9. The fraction of sp³-hybridized carbons (Fsp3) is 0.211. The Morgan fingerprint density at radius 2 is 2.00 bits per heavy atom. The fourth-order valence-corrected chi connectivity index (χ4v) is 4.52. The van der Waals surface area contributed by atoms with Gasteiger partial charge in [-0.1, -0.05) is 35.1 Å². The monoisotopic (exact) mass is 514 g/mol. The number of nitrogens with zero attached hydrogens (tertiary/aromatic N) is 2. The highest BCUT2D eigenvalue weighted by molar-refractivity contribution is 14.1. The summed E-state index contributed by atoms with van der Waals surface area (Å²) in [5.74, 6) is -0.743. The molecule has 27 heavy (non-hydrogen) atoms. The van der Waals surface area contributed by atoms with Crippen LogP contribution in [0, 0.1) is 10.5 Å². The van der Waals surface area contributed by atoms with Crippen LogP contribution in [-0.2, 0) is 16.1 Å². The first-order valence-corrected chi connectivity index (χ1v) is 10.5. The number of carbonyl (C=O) groups excluding carboxylic acids is 2. The summed E-state index contributed by atoms with van der Waals surface area (Å²) in [7, 11) is 0. The summed E-state index contributed by atoms with van der Waals surface area (Å²) in [6.45, 7) is 3.88. The highest BCUT2D eigenvalue weighted by Crippen LogP contribution is 2.27. The third-order valence-electron chi connectivity index (χ3n) is 3.92. The molecule has 5 nitrogen and oxygen atoms in total. The van der Waals surface area contributed by atoms with Crippen LogP contribution < -0.4 is 4.80 Å². The Kier molecular flexibility index (Phi) is 6.33. The first-order valence-electron chi connectivity index (χ1n) is 8.20. The van der Waals surface area contributed by atoms with E-state index in [0.29, 0.717) is 15.4 Å². The van der Waals surface area contributed by atoms with Crippen LogP contribution in [0.15, 0.2) is 41.4 Å². The predicted octanol–water partition coefficient (Wildman–Crippen LogP) is 4.57. The van der Waals surface area contributed by atoms with Crippen molar-refractivity contribution in [3.8, 4) is 0 Å². The zero-order chi connectivity index (χ0) is 19.6. The summed E-state index contributed by atoms with van der Waals surface area (Å²) in [4.78, 5) is 29.6. The van der Waals surface area contributed by atoms with Crippen molar-refractivity contribution in [1.82, 2.24) is 4.57 Å². The van der Waals surface area contributed by atoms with Crippen LogP contribution in [0.3, 0.4) is 0 Å². The molecule has 8 heteroatoms. The van der Waals surface area contributed by atoms with Crippen molar-refractivity contribution in [2.75, 3.05) is 6.61 Å². The third-order valence-corrected chi connectivity index (χ3v) is 6.32. The molecule has 1 aromatic heterocycles. The van der Waals surface area contributed by atoms with E-state index in [4.69, 9.17) is 16.3 Å². The number of thiazole rings is 1. The number of carbonyl (C=O) groups is 2. The SMILES string of the molecule is CCOC(=O)Cn1c(=NC(=O)c2ccccc2I)sc2ccc(Cl)c(C)c21. The minimum Gasteiger partial charge on any atom is -0.465 e. The lowest BCUT2D eigenvalue weighted by molar-refractivity contribution is -0.143. The van der Waals surface area contributed by atoms with Crippen LogP contribution in [0.25, 0.3) is 10.2 Å². The van der Waals surface area contributed by atoms with Gasteiger partial charge in [0.05, 0.1) is 22.4 Å². The molecule has 0 saturated carbocycles. The molecule has 0 N–H and O–H groups in total. The zero-order valence-electron chi connectivity index (χ0n) is 14.7. The molecule has 0 aliphatic rings. The maximum Gasteiger partial charge on any atom is 0.326 e. The summed E-state index contributed by atoms with van der Waals surface area (Å²) >= 11 is 9.71. The van der Waals surface area contributed by atoms with E-state index in [9.17, 15) is 9.59 Å². The molecule has 0 fully saturated rings. The van der Waals surface area contributed by atoms with E-state index in [2.05, 4.69) is 27.6 Å². The van der Waals surface area contributed by atoms with Crippen LogP contribution in [0.2, 0.25) is 5.02 Å². The van der Waals surface area contributed by atoms with Gasteiger partial charge in [0.15, 0.2) is 4.80 Å². The van der Waals surface area contributed by atoms with Gasteiger partial charge >= 0.3 is 5.97 Å². The molecule has 2 aromatic carbocycles. The lowest BCUT2D eigenvalue weighted by Crippen LogP contribution is -2.23. The van der Waals surface area contributed by atoms with Crippen LogP contribution in [-0.4, -0.2) is 23.1 Å². The van der Waals surface area contributed by atoms with E-state index >= 15 is 0 Å². The Balaban J connectivity index is 2.19. The standard InChI is InChI=1S/C19H16ClIN2O3S/c1-3-26-16(24)10-23-17-11(2)13(20)8-9-15(17)27-19(23)22-18(25)12-6-4-5-7-14(12)21/h4-9H,3,10H2,1-2H3. The van der Waals surface area contributed by atoms with Gasteiger partial charge in [0.25, 0.3) is 5.91 Å². The molecule has 0 atom stereocenters. The second-order valence-corrected chi connectivity index (χ2v) is 8.27. The van der Waals surface area contributed by atoms with E-state index in [0.717, 1.165) is 19.4 Å². The Morgan fingerprint density at radius 1 is 1.26 bits per heavy atom. The van der Waals surface area contributed by atoms with Crippen molar-refractivity contribution in [3.63, 3.8) is 0 Å². The second-order valence-electron chi connectivity index (χ2n) is 5.69. The molecule has 0 radical (unpaired) electrons. The molecular formula is C19H16ClIN2O3S. The molecular weight excluding hydrogens is 499 g/mol. The average molecular weight is 515 g/mol. The maximum atomic E-state index is 12.7. The number of fused-ring (bicyclic) bond motifs is 1. The van der Waals surface area contributed by atoms with Crippen LogP contribution >= 0.6 is 45.5 Å². The summed E-state index contributed by atoms with van der Waals surface area (Å²) < 4.78 is 8.50. The zero-order valence-corrected chi connectivity index (χ0v) is 18.4. The van der Waals surface area contributed by atoms with Gasteiger partial charge in [0.1, 0.15) is 6.54 Å². The molecule has 0 saturated heterocycles. The average Bonchev–Trinajstić information content (AvgIpc) is 2.96. The number of hydrogen-bond donors (Lipinski definition) is 0. The van der Waals surface area contributed by atoms with Crippen molar-refractivity contribution >= 4 is 67.6 Å². The van der Waals surface area contributed by atoms with Crippen molar-refractivity contribution in [2.24, 2.45) is 4.99 Å². The van der Waals surface area contributed by atoms with Gasteiger partial charge < -0.3 is 9.30 Å². The van der Waals surface area contributed by atoms with Gasteiger partial charge in [-0.2, -0.15) is 4.99 Å². The second kappa shape index (κ2) is 8.53. The normalized spacial score (nSPS) is 11.8. The number of benzene rings is 2. The molecule has 0 unspecified atom stereocenters. The van der Waals surface area contributed by atoms with Gasteiger partial charge in [-0.05, 0) is 66.3 Å². The van der Waals surface area contributed by atoms with Gasteiger partial charge in [-0.15, -0.1) is 0 Å². The van der Waals surface area contributed by atoms with Crippen molar-refractivity contribution in [2.45, 2.75) is 20.4 Å². The number of esters is 1. The molecule has 3 rings (SSSR count). The highest BCUT2D eigenvalue weighted by atomic mass is 127. The summed E-state index contributed by atoms with van der Waals surface area (Å²) in [5.41, 5.74) is 2.14. The molecule has 0 bridgehead atoms. The van der Waals surface area contributed by atoms with E-state index in [-0.39, 0.29) is 25.0 Å². The molecule has 140 valence electrons. The quantitative estimate of drug-likeness (QED) is 0.378. The van der Waals surface area contributed by atoms with Crippen molar-refractivity contribution < 1.29 is 14.3 Å². The van der Waals surface area contributed by atoms with Crippen molar-refractivity contribution in [1.29, 1.82) is 0 Å². The summed E-state index contributed by atoms with van der Waals surface area (Å²) in [6.07, 6.45) is 0. The van der Waals surface area contributed by atoms with Gasteiger partial charge in [0.2, 0.25) is 0 Å². The van der Waals surface area contributed by atoms with Gasteiger partial charge in [-0.25, -0.2) is 0 Å². The molecule has 1 heterocycles. The highest BCUT2D eigenvalue weighted by Gasteiger charge is 2.16. The lowest BCUT2D eigenvalue weighted by atomic mass is 10.2. The molecule has 3 aromatic rings. The Labute approximate surface area is 178 Å². The first kappa shape index (κ1) is 20.0. The summed E-state index contributed by atoms with van der Waals surface area (Å²) in [6, 6.07) is 10.9. The largest absolute Gasteiger partial charge is 0.465 e. The van der Waals surface area contributed by atoms with E-state index in [1.54, 1.807) is 29.7 Å². The number of ether oxygens (including phenoxy) is 1. The minimum atomic E-state index is -0.389. The van der Waals surface area contributed by atoms with Crippen LogP contribution in [0.4, 0.5) is 0 Å². The number of hydrogen-bond acceptors (Lipinski definition) is 4. The van der Waals surface area contributed by atoms with Gasteiger partial charge in [0, 0.05) is 8.59 Å². The number of amides is 1. The number of aromatic nitrogens is 1. The van der Waals surface area contributed by atoms with Crippen LogP contribution in [0.5, 0.6) is 0 Å². The molecule has 0 spiro atoms. The van der Waals surface area contributed by atoms with E-state index < -0.39 is 0 Å². The third kappa shape index (κ3) is 4.25. The minimum absolute atomic E-state index is 0.0347. The smallest absolute Gasteiger partial charge is 0.326 e. The number of rotatable bonds is 4. The maximum absolute atomic E-state index is 12.7.